The molecule has 0 bridgehead atoms. The standard InChI is InChI=1S/C12H16O2.C12H10S.CH4OS.CH4O/c1-2-3-5-10-12(13)14-11-8-6-4-7-9-11;1-3-7-11(8-4-1)13-12-9-5-2-6-10-12;1-3-2;1-2/h4,6-9H,2-3,5,10H2,1H3;1-10H;2H,1H3;2H,1H3. The summed E-state index contributed by atoms with van der Waals surface area (Å²) in [4.78, 5) is 13.8. The van der Waals surface area contributed by atoms with Gasteiger partial charge in [0, 0.05) is 29.6 Å². The van der Waals surface area contributed by atoms with Crippen molar-refractivity contribution in [1.82, 2.24) is 0 Å². The topological polar surface area (TPSA) is 66.8 Å². The molecule has 4 nitrogen and oxygen atoms in total. The summed E-state index contributed by atoms with van der Waals surface area (Å²) in [6.45, 7) is 2.11. The van der Waals surface area contributed by atoms with Crippen molar-refractivity contribution in [2.24, 2.45) is 0 Å². The fourth-order valence-corrected chi connectivity index (χ4v) is 3.16. The van der Waals surface area contributed by atoms with Crippen molar-refractivity contribution < 1.29 is 19.2 Å². The molecule has 0 heterocycles. The fourth-order valence-electron chi connectivity index (χ4n) is 2.30. The number of hydrogen-bond acceptors (Lipinski definition) is 6. The van der Waals surface area contributed by atoms with E-state index in [1.165, 1.54) is 9.79 Å². The SMILES string of the molecule is CCCCCC(=O)Oc1ccccc1.CO.CSO.c1ccc(Sc2ccccc2)cc1. The summed E-state index contributed by atoms with van der Waals surface area (Å²) in [5.74, 6) is 0.499. The normalized spacial score (nSPS) is 9.03. The van der Waals surface area contributed by atoms with Crippen LogP contribution in [0.5, 0.6) is 5.75 Å². The van der Waals surface area contributed by atoms with E-state index in [0.29, 0.717) is 12.2 Å². The molecule has 0 aromatic heterocycles. The molecule has 0 unspecified atom stereocenters. The molecule has 32 heavy (non-hydrogen) atoms. The summed E-state index contributed by atoms with van der Waals surface area (Å²) in [7, 11) is 1.00. The summed E-state index contributed by atoms with van der Waals surface area (Å²) in [5, 5.41) is 7.00. The van der Waals surface area contributed by atoms with E-state index in [2.05, 4.69) is 55.5 Å². The van der Waals surface area contributed by atoms with Crippen LogP contribution in [0.15, 0.2) is 101 Å². The molecule has 0 aliphatic heterocycles. The number of aliphatic hydroxyl groups excluding tert-OH is 1. The van der Waals surface area contributed by atoms with Crippen LogP contribution < -0.4 is 4.74 Å². The van der Waals surface area contributed by atoms with E-state index in [1.807, 2.05) is 30.3 Å². The molecule has 3 aromatic rings. The van der Waals surface area contributed by atoms with E-state index < -0.39 is 0 Å². The Morgan fingerprint density at radius 1 is 0.781 bits per heavy atom. The Morgan fingerprint density at radius 3 is 1.59 bits per heavy atom. The molecule has 3 rings (SSSR count). The second kappa shape index (κ2) is 22.0. The Balaban J connectivity index is 0.000000501. The number of hydrogen-bond donors (Lipinski definition) is 2. The molecule has 0 atom stereocenters. The highest BCUT2D eigenvalue weighted by atomic mass is 32.2. The smallest absolute Gasteiger partial charge is 0.311 e. The maximum atomic E-state index is 11.3. The van der Waals surface area contributed by atoms with E-state index in [4.69, 9.17) is 14.4 Å². The third-order valence-electron chi connectivity index (χ3n) is 3.68. The summed E-state index contributed by atoms with van der Waals surface area (Å²) in [6, 6.07) is 30.0. The number of carbonyl (C=O) groups is 1. The monoisotopic (exact) mass is 474 g/mol. The van der Waals surface area contributed by atoms with E-state index in [0.717, 1.165) is 38.4 Å². The number of para-hydroxylation sites is 1. The van der Waals surface area contributed by atoms with Gasteiger partial charge in [-0.2, -0.15) is 0 Å². The van der Waals surface area contributed by atoms with Crippen LogP contribution in [0.3, 0.4) is 0 Å². The number of unbranched alkanes of at least 4 members (excludes halogenated alkanes) is 2. The van der Waals surface area contributed by atoms with Gasteiger partial charge in [0.25, 0.3) is 0 Å². The van der Waals surface area contributed by atoms with E-state index in [9.17, 15) is 4.79 Å². The molecule has 0 aliphatic rings. The first-order chi connectivity index (χ1) is 15.7. The minimum atomic E-state index is -0.135. The molecule has 0 aliphatic carbocycles. The summed E-state index contributed by atoms with van der Waals surface area (Å²) < 4.78 is 12.6. The van der Waals surface area contributed by atoms with Crippen molar-refractivity contribution in [3.05, 3.63) is 91.0 Å². The Bertz CT molecular complexity index is 747. The van der Waals surface area contributed by atoms with E-state index in [-0.39, 0.29) is 5.97 Å². The van der Waals surface area contributed by atoms with Gasteiger partial charge in [0.05, 0.1) is 0 Å². The minimum Gasteiger partial charge on any atom is -0.427 e. The highest BCUT2D eigenvalue weighted by Crippen LogP contribution is 2.26. The van der Waals surface area contributed by atoms with Gasteiger partial charge in [0.2, 0.25) is 0 Å². The quantitative estimate of drug-likeness (QED) is 0.160. The van der Waals surface area contributed by atoms with Crippen molar-refractivity contribution in [2.45, 2.75) is 42.4 Å². The van der Waals surface area contributed by atoms with Gasteiger partial charge in [0.15, 0.2) is 0 Å². The average Bonchev–Trinajstić information content (AvgIpc) is 2.83. The lowest BCUT2D eigenvalue weighted by atomic mass is 10.2. The highest BCUT2D eigenvalue weighted by Gasteiger charge is 2.02. The zero-order chi connectivity index (χ0) is 23.9. The van der Waals surface area contributed by atoms with Crippen molar-refractivity contribution in [3.63, 3.8) is 0 Å². The second-order valence-corrected chi connectivity index (χ2v) is 7.67. The maximum Gasteiger partial charge on any atom is 0.311 e. The molecule has 0 saturated heterocycles. The van der Waals surface area contributed by atoms with Crippen molar-refractivity contribution in [1.29, 1.82) is 0 Å². The minimum absolute atomic E-state index is 0.135. The average molecular weight is 475 g/mol. The zero-order valence-corrected chi connectivity index (χ0v) is 20.6. The van der Waals surface area contributed by atoms with Crippen LogP contribution in [0.4, 0.5) is 0 Å². The van der Waals surface area contributed by atoms with Crippen LogP contribution in [0.25, 0.3) is 0 Å². The van der Waals surface area contributed by atoms with Gasteiger partial charge in [0.1, 0.15) is 5.75 Å². The second-order valence-electron chi connectivity index (χ2n) is 6.15. The lowest BCUT2D eigenvalue weighted by Gasteiger charge is -2.02. The Kier molecular flexibility index (Phi) is 20.4. The number of rotatable bonds is 7. The number of ether oxygens (including phenoxy) is 1. The first-order valence-electron chi connectivity index (χ1n) is 10.4. The van der Waals surface area contributed by atoms with E-state index >= 15 is 0 Å². The molecule has 0 fully saturated rings. The number of carbonyl (C=O) groups excluding carboxylic acids is 1. The number of aliphatic hydroxyl groups is 1. The predicted molar refractivity (Wildman–Crippen MR) is 138 cm³/mol. The molecule has 0 spiro atoms. The molecular weight excluding hydrogens is 440 g/mol. The van der Waals surface area contributed by atoms with E-state index in [1.54, 1.807) is 30.2 Å². The Hall–Kier alpha value is -2.25. The third kappa shape index (κ3) is 16.4. The van der Waals surface area contributed by atoms with Crippen molar-refractivity contribution >= 4 is 29.8 Å². The van der Waals surface area contributed by atoms with Crippen LogP contribution in [0.1, 0.15) is 32.6 Å². The maximum absolute atomic E-state index is 11.3. The van der Waals surface area contributed by atoms with Gasteiger partial charge in [-0.15, -0.1) is 0 Å². The molecule has 0 saturated carbocycles. The van der Waals surface area contributed by atoms with Gasteiger partial charge in [-0.05, 0) is 54.9 Å². The summed E-state index contributed by atoms with van der Waals surface area (Å²) in [6.07, 6.45) is 5.24. The molecule has 6 heteroatoms. The van der Waals surface area contributed by atoms with Crippen molar-refractivity contribution in [2.75, 3.05) is 13.4 Å². The van der Waals surface area contributed by atoms with Gasteiger partial charge in [-0.3, -0.25) is 4.79 Å². The lowest BCUT2D eigenvalue weighted by Crippen LogP contribution is -2.07. The number of esters is 1. The first kappa shape index (κ1) is 29.8. The highest BCUT2D eigenvalue weighted by molar-refractivity contribution is 7.99. The Morgan fingerprint density at radius 2 is 1.19 bits per heavy atom. The van der Waals surface area contributed by atoms with Crippen LogP contribution >= 0.6 is 23.8 Å². The first-order valence-corrected chi connectivity index (χ1v) is 12.3. The zero-order valence-electron chi connectivity index (χ0n) is 19.0. The van der Waals surface area contributed by atoms with Gasteiger partial charge < -0.3 is 14.4 Å². The summed E-state index contributed by atoms with van der Waals surface area (Å²) >= 11 is 2.54. The fraction of sp³-hybridized carbons (Fsp3) is 0.269. The molecule has 2 N–H and O–H groups in total. The van der Waals surface area contributed by atoms with Crippen molar-refractivity contribution in [3.8, 4) is 5.75 Å². The van der Waals surface area contributed by atoms with Crippen LogP contribution in [0.2, 0.25) is 0 Å². The molecule has 0 radical (unpaired) electrons. The van der Waals surface area contributed by atoms with Gasteiger partial charge in [-0.25, -0.2) is 0 Å². The predicted octanol–water partition coefficient (Wildman–Crippen LogP) is 7.44. The largest absolute Gasteiger partial charge is 0.427 e. The van der Waals surface area contributed by atoms with Gasteiger partial charge in [-0.1, -0.05) is 86.1 Å². The number of benzene rings is 3. The molecule has 174 valence electrons. The molecule has 3 aromatic carbocycles. The van der Waals surface area contributed by atoms with Crippen LogP contribution in [-0.4, -0.2) is 29.0 Å². The third-order valence-corrected chi connectivity index (χ3v) is 4.70. The summed E-state index contributed by atoms with van der Waals surface area (Å²) in [5.41, 5.74) is 0. The van der Waals surface area contributed by atoms with Crippen LogP contribution in [0, 0.1) is 0 Å². The molecule has 0 amide bonds. The van der Waals surface area contributed by atoms with Gasteiger partial charge >= 0.3 is 5.97 Å². The molecular formula is C26H34O4S2. The van der Waals surface area contributed by atoms with Crippen LogP contribution in [-0.2, 0) is 4.79 Å². The Labute approximate surface area is 201 Å². The lowest BCUT2D eigenvalue weighted by molar-refractivity contribution is -0.134.